The van der Waals surface area contributed by atoms with Gasteiger partial charge in [-0.3, -0.25) is 4.79 Å². The van der Waals surface area contributed by atoms with Crippen LogP contribution in [0.4, 0.5) is 0 Å². The van der Waals surface area contributed by atoms with Crippen molar-refractivity contribution in [1.82, 2.24) is 5.32 Å². The Morgan fingerprint density at radius 1 is 1.25 bits per heavy atom. The topological polar surface area (TPSA) is 55.1 Å². The minimum absolute atomic E-state index is 0.184. The van der Waals surface area contributed by atoms with Gasteiger partial charge in [0.1, 0.15) is 0 Å². The van der Waals surface area contributed by atoms with Crippen LogP contribution in [-0.4, -0.2) is 18.5 Å². The fourth-order valence-corrected chi connectivity index (χ4v) is 2.29. The molecule has 16 heavy (non-hydrogen) atoms. The van der Waals surface area contributed by atoms with Gasteiger partial charge in [-0.2, -0.15) is 0 Å². The van der Waals surface area contributed by atoms with E-state index in [1.807, 2.05) is 6.92 Å². The summed E-state index contributed by atoms with van der Waals surface area (Å²) in [5.41, 5.74) is 5.52. The van der Waals surface area contributed by atoms with Crippen LogP contribution in [0.25, 0.3) is 0 Å². The molecule has 0 heterocycles. The van der Waals surface area contributed by atoms with Crippen LogP contribution >= 0.6 is 0 Å². The molecule has 1 fully saturated rings. The Balaban J connectivity index is 2.25. The maximum atomic E-state index is 11.7. The lowest BCUT2D eigenvalue weighted by atomic mass is 9.96. The predicted molar refractivity (Wildman–Crippen MR) is 67.1 cm³/mol. The summed E-state index contributed by atoms with van der Waals surface area (Å²) in [7, 11) is 0. The number of carbonyl (C=O) groups is 1. The van der Waals surface area contributed by atoms with E-state index in [0.717, 1.165) is 12.8 Å². The van der Waals surface area contributed by atoms with Gasteiger partial charge in [0.2, 0.25) is 5.91 Å². The van der Waals surface area contributed by atoms with Crippen molar-refractivity contribution in [3.05, 3.63) is 0 Å². The van der Waals surface area contributed by atoms with Crippen LogP contribution in [0, 0.1) is 5.92 Å². The molecule has 1 unspecified atom stereocenters. The summed E-state index contributed by atoms with van der Waals surface area (Å²) in [5.74, 6) is 0.483. The van der Waals surface area contributed by atoms with Gasteiger partial charge < -0.3 is 11.1 Å². The second-order valence-electron chi connectivity index (χ2n) is 5.15. The largest absolute Gasteiger partial charge is 0.353 e. The zero-order valence-corrected chi connectivity index (χ0v) is 10.5. The van der Waals surface area contributed by atoms with Crippen molar-refractivity contribution in [2.24, 2.45) is 11.7 Å². The molecule has 1 saturated carbocycles. The van der Waals surface area contributed by atoms with Crippen molar-refractivity contribution in [1.29, 1.82) is 0 Å². The molecule has 1 aliphatic carbocycles. The number of rotatable bonds is 4. The molecule has 1 aliphatic rings. The number of carbonyl (C=O) groups excluding carboxylic acids is 1. The summed E-state index contributed by atoms with van der Waals surface area (Å²) >= 11 is 0. The zero-order chi connectivity index (χ0) is 11.8. The highest BCUT2D eigenvalue weighted by atomic mass is 16.1. The van der Waals surface area contributed by atoms with Gasteiger partial charge in [-0.25, -0.2) is 0 Å². The molecule has 94 valence electrons. The average molecular weight is 226 g/mol. The van der Waals surface area contributed by atoms with Crippen molar-refractivity contribution in [3.63, 3.8) is 0 Å². The van der Waals surface area contributed by atoms with Crippen LogP contribution in [0.15, 0.2) is 0 Å². The Hall–Kier alpha value is -0.570. The van der Waals surface area contributed by atoms with E-state index >= 15 is 0 Å². The van der Waals surface area contributed by atoms with Crippen molar-refractivity contribution in [2.75, 3.05) is 6.54 Å². The van der Waals surface area contributed by atoms with Crippen molar-refractivity contribution >= 4 is 5.91 Å². The Kier molecular flexibility index (Phi) is 6.46. The first-order chi connectivity index (χ1) is 7.72. The number of hydrogen-bond donors (Lipinski definition) is 2. The quantitative estimate of drug-likeness (QED) is 0.772. The van der Waals surface area contributed by atoms with Crippen LogP contribution in [0.1, 0.15) is 58.3 Å². The first kappa shape index (κ1) is 13.5. The lowest BCUT2D eigenvalue weighted by molar-refractivity contribution is -0.122. The van der Waals surface area contributed by atoms with Crippen LogP contribution < -0.4 is 11.1 Å². The summed E-state index contributed by atoms with van der Waals surface area (Å²) in [6.07, 6.45) is 9.43. The molecule has 0 aromatic carbocycles. The van der Waals surface area contributed by atoms with Crippen LogP contribution in [-0.2, 0) is 4.79 Å². The Morgan fingerprint density at radius 2 is 1.81 bits per heavy atom. The SMILES string of the molecule is CC(CN)CC(=O)NC1CCCCCCC1. The van der Waals surface area contributed by atoms with E-state index in [0.29, 0.717) is 24.9 Å². The van der Waals surface area contributed by atoms with Crippen LogP contribution in [0.2, 0.25) is 0 Å². The summed E-state index contributed by atoms with van der Waals surface area (Å²) < 4.78 is 0. The van der Waals surface area contributed by atoms with E-state index in [-0.39, 0.29) is 5.91 Å². The molecular weight excluding hydrogens is 200 g/mol. The van der Waals surface area contributed by atoms with Gasteiger partial charge in [0.05, 0.1) is 0 Å². The molecule has 0 aromatic heterocycles. The van der Waals surface area contributed by atoms with E-state index < -0.39 is 0 Å². The predicted octanol–water partition coefficient (Wildman–Crippen LogP) is 2.20. The highest BCUT2D eigenvalue weighted by molar-refractivity contribution is 5.76. The summed E-state index contributed by atoms with van der Waals surface area (Å²) in [5, 5.41) is 3.16. The standard InChI is InChI=1S/C13H26N2O/c1-11(10-14)9-13(16)15-12-7-5-3-2-4-6-8-12/h11-12H,2-10,14H2,1H3,(H,15,16). The summed E-state index contributed by atoms with van der Waals surface area (Å²) in [6.45, 7) is 2.62. The number of amides is 1. The monoisotopic (exact) mass is 226 g/mol. The first-order valence-electron chi connectivity index (χ1n) is 6.71. The molecular formula is C13H26N2O. The highest BCUT2D eigenvalue weighted by Crippen LogP contribution is 2.17. The molecule has 3 N–H and O–H groups in total. The van der Waals surface area contributed by atoms with Crippen LogP contribution in [0.3, 0.4) is 0 Å². The van der Waals surface area contributed by atoms with Crippen LogP contribution in [0.5, 0.6) is 0 Å². The van der Waals surface area contributed by atoms with Gasteiger partial charge >= 0.3 is 0 Å². The zero-order valence-electron chi connectivity index (χ0n) is 10.5. The maximum Gasteiger partial charge on any atom is 0.220 e. The lowest BCUT2D eigenvalue weighted by Crippen LogP contribution is -2.36. The third kappa shape index (κ3) is 5.50. The van der Waals surface area contributed by atoms with E-state index in [2.05, 4.69) is 5.32 Å². The lowest BCUT2D eigenvalue weighted by Gasteiger charge is -2.21. The second-order valence-corrected chi connectivity index (χ2v) is 5.15. The Bertz CT molecular complexity index is 198. The van der Waals surface area contributed by atoms with Crippen molar-refractivity contribution in [3.8, 4) is 0 Å². The van der Waals surface area contributed by atoms with Gasteiger partial charge in [-0.1, -0.05) is 39.0 Å². The molecule has 0 radical (unpaired) electrons. The molecule has 3 heteroatoms. The minimum Gasteiger partial charge on any atom is -0.353 e. The fraction of sp³-hybridized carbons (Fsp3) is 0.923. The molecule has 0 spiro atoms. The van der Waals surface area contributed by atoms with Crippen molar-refractivity contribution < 1.29 is 4.79 Å². The molecule has 0 aromatic rings. The Morgan fingerprint density at radius 3 is 2.38 bits per heavy atom. The first-order valence-corrected chi connectivity index (χ1v) is 6.71. The fourth-order valence-electron chi connectivity index (χ4n) is 2.29. The third-order valence-corrected chi connectivity index (χ3v) is 3.41. The van der Waals surface area contributed by atoms with E-state index in [1.165, 1.54) is 32.1 Å². The van der Waals surface area contributed by atoms with Gasteiger partial charge in [-0.15, -0.1) is 0 Å². The number of hydrogen-bond acceptors (Lipinski definition) is 2. The molecule has 0 bridgehead atoms. The van der Waals surface area contributed by atoms with E-state index in [1.54, 1.807) is 0 Å². The number of nitrogens with one attached hydrogen (secondary N) is 1. The average Bonchev–Trinajstić information content (AvgIpc) is 2.21. The molecule has 0 aliphatic heterocycles. The van der Waals surface area contributed by atoms with Crippen molar-refractivity contribution in [2.45, 2.75) is 64.3 Å². The van der Waals surface area contributed by atoms with Gasteiger partial charge in [0.15, 0.2) is 0 Å². The smallest absolute Gasteiger partial charge is 0.220 e. The normalized spacial score (nSPS) is 20.9. The minimum atomic E-state index is 0.184. The van der Waals surface area contributed by atoms with Gasteiger partial charge in [-0.05, 0) is 25.3 Å². The molecule has 0 saturated heterocycles. The molecule has 3 nitrogen and oxygen atoms in total. The van der Waals surface area contributed by atoms with Gasteiger partial charge in [0, 0.05) is 12.5 Å². The molecule has 1 amide bonds. The summed E-state index contributed by atoms with van der Waals surface area (Å²) in [4.78, 5) is 11.7. The molecule has 1 rings (SSSR count). The summed E-state index contributed by atoms with van der Waals surface area (Å²) in [6, 6.07) is 0.415. The molecule has 1 atom stereocenters. The van der Waals surface area contributed by atoms with Gasteiger partial charge in [0.25, 0.3) is 0 Å². The van der Waals surface area contributed by atoms with E-state index in [9.17, 15) is 4.79 Å². The number of nitrogens with two attached hydrogens (primary N) is 1. The second kappa shape index (κ2) is 7.66. The third-order valence-electron chi connectivity index (χ3n) is 3.41. The highest BCUT2D eigenvalue weighted by Gasteiger charge is 2.15. The van der Waals surface area contributed by atoms with E-state index in [4.69, 9.17) is 5.73 Å². The Labute approximate surface area is 99.2 Å². The maximum absolute atomic E-state index is 11.7.